The predicted molar refractivity (Wildman–Crippen MR) is 55.6 cm³/mol. The van der Waals surface area contributed by atoms with Crippen molar-refractivity contribution in [2.45, 2.75) is 24.6 Å². The van der Waals surface area contributed by atoms with Crippen LogP contribution < -0.4 is 10.6 Å². The fourth-order valence-corrected chi connectivity index (χ4v) is 1.89. The first-order valence-corrected chi connectivity index (χ1v) is 5.75. The minimum Gasteiger partial charge on any atom is -0.334 e. The van der Waals surface area contributed by atoms with E-state index in [0.717, 1.165) is 0 Å². The van der Waals surface area contributed by atoms with Gasteiger partial charge in [0, 0.05) is 26.2 Å². The summed E-state index contributed by atoms with van der Waals surface area (Å²) in [5.41, 5.74) is -2.17. The summed E-state index contributed by atoms with van der Waals surface area (Å²) < 4.78 is 37.8. The molecule has 2 rings (SSSR count). The molecule has 2 fully saturated rings. The summed E-state index contributed by atoms with van der Waals surface area (Å²) in [6.07, 6.45) is -4.81. The average Bonchev–Trinajstić information content (AvgIpc) is 3.09. The van der Waals surface area contributed by atoms with Gasteiger partial charge in [-0.2, -0.15) is 13.2 Å². The van der Waals surface area contributed by atoms with Crippen LogP contribution in [0.1, 0.15) is 12.8 Å². The molecule has 0 aromatic carbocycles. The first kappa shape index (κ1) is 13.1. The third-order valence-electron chi connectivity index (χ3n) is 3.24. The molecule has 2 N–H and O–H groups in total. The Balaban J connectivity index is 1.94. The second-order valence-corrected chi connectivity index (χ2v) is 4.58. The van der Waals surface area contributed by atoms with Gasteiger partial charge in [0.1, 0.15) is 5.54 Å². The van der Waals surface area contributed by atoms with E-state index in [1.165, 1.54) is 4.90 Å². The Labute approximate surface area is 102 Å². The number of hydrogen-bond acceptors (Lipinski definition) is 3. The van der Waals surface area contributed by atoms with E-state index >= 15 is 0 Å². The smallest absolute Gasteiger partial charge is 0.334 e. The molecule has 1 aliphatic heterocycles. The Morgan fingerprint density at radius 1 is 1.17 bits per heavy atom. The Bertz CT molecular complexity index is 360. The first-order valence-electron chi connectivity index (χ1n) is 5.75. The van der Waals surface area contributed by atoms with Crippen molar-refractivity contribution in [2.75, 3.05) is 26.2 Å². The normalized spacial score (nSPS) is 22.5. The number of alkyl halides is 3. The number of nitrogens with zero attached hydrogens (tertiary/aromatic N) is 1. The van der Waals surface area contributed by atoms with Gasteiger partial charge in [0.15, 0.2) is 0 Å². The lowest BCUT2D eigenvalue weighted by atomic mass is 10.2. The molecule has 0 bridgehead atoms. The standard InChI is InChI=1S/C10H14F3N3O2/c11-10(12,13)9(1-2-9)15-7(17)8(18)16-5-3-14-4-6-16/h14H,1-6H2,(H,15,17). The van der Waals surface area contributed by atoms with Gasteiger partial charge < -0.3 is 15.5 Å². The van der Waals surface area contributed by atoms with Crippen LogP contribution in [0.5, 0.6) is 0 Å². The third-order valence-corrected chi connectivity index (χ3v) is 3.24. The molecule has 0 aromatic heterocycles. The average molecular weight is 265 g/mol. The number of carbonyl (C=O) groups excluding carboxylic acids is 2. The van der Waals surface area contributed by atoms with Crippen LogP contribution in [0.25, 0.3) is 0 Å². The lowest BCUT2D eigenvalue weighted by molar-refractivity contribution is -0.172. The summed E-state index contributed by atoms with van der Waals surface area (Å²) in [5, 5.41) is 4.82. The number of hydrogen-bond donors (Lipinski definition) is 2. The van der Waals surface area contributed by atoms with E-state index in [9.17, 15) is 22.8 Å². The van der Waals surface area contributed by atoms with Crippen LogP contribution in [0, 0.1) is 0 Å². The maximum Gasteiger partial charge on any atom is 0.411 e. The fraction of sp³-hybridized carbons (Fsp3) is 0.800. The number of nitrogens with one attached hydrogen (secondary N) is 2. The second kappa shape index (κ2) is 4.42. The Hall–Kier alpha value is -1.31. The molecule has 18 heavy (non-hydrogen) atoms. The summed E-state index contributed by atoms with van der Waals surface area (Å²) in [4.78, 5) is 24.4. The minimum atomic E-state index is -4.49. The third kappa shape index (κ3) is 2.43. The van der Waals surface area contributed by atoms with Gasteiger partial charge in [-0.1, -0.05) is 0 Å². The maximum atomic E-state index is 12.6. The first-order chi connectivity index (χ1) is 8.36. The number of piperazine rings is 1. The largest absolute Gasteiger partial charge is 0.411 e. The molecule has 102 valence electrons. The van der Waals surface area contributed by atoms with Gasteiger partial charge in [0.2, 0.25) is 0 Å². The van der Waals surface area contributed by atoms with Crippen LogP contribution in [-0.2, 0) is 9.59 Å². The van der Waals surface area contributed by atoms with Crippen molar-refractivity contribution in [2.24, 2.45) is 0 Å². The van der Waals surface area contributed by atoms with E-state index in [1.54, 1.807) is 0 Å². The topological polar surface area (TPSA) is 61.4 Å². The molecule has 2 amide bonds. The molecule has 1 saturated heterocycles. The van der Waals surface area contributed by atoms with Crippen molar-refractivity contribution >= 4 is 11.8 Å². The Morgan fingerprint density at radius 2 is 1.72 bits per heavy atom. The van der Waals surface area contributed by atoms with Crippen LogP contribution in [0.3, 0.4) is 0 Å². The van der Waals surface area contributed by atoms with Crippen LogP contribution in [0.15, 0.2) is 0 Å². The fourth-order valence-electron chi connectivity index (χ4n) is 1.89. The van der Waals surface area contributed by atoms with Gasteiger partial charge in [0.05, 0.1) is 0 Å². The molecular formula is C10H14F3N3O2. The van der Waals surface area contributed by atoms with Gasteiger partial charge in [-0.25, -0.2) is 0 Å². The SMILES string of the molecule is O=C(NC1(C(F)(F)F)CC1)C(=O)N1CCNCC1. The second-order valence-electron chi connectivity index (χ2n) is 4.58. The number of carbonyl (C=O) groups is 2. The lowest BCUT2D eigenvalue weighted by Gasteiger charge is -2.28. The zero-order valence-corrected chi connectivity index (χ0v) is 9.64. The van der Waals surface area contributed by atoms with Gasteiger partial charge in [-0.15, -0.1) is 0 Å². The summed E-state index contributed by atoms with van der Waals surface area (Å²) in [6, 6.07) is 0. The molecule has 1 aliphatic carbocycles. The van der Waals surface area contributed by atoms with Gasteiger partial charge in [-0.3, -0.25) is 9.59 Å². The van der Waals surface area contributed by atoms with Crippen LogP contribution >= 0.6 is 0 Å². The minimum absolute atomic E-state index is 0.156. The quantitative estimate of drug-likeness (QED) is 0.636. The molecular weight excluding hydrogens is 251 g/mol. The van der Waals surface area contributed by atoms with Crippen LogP contribution in [0.4, 0.5) is 13.2 Å². The molecule has 0 radical (unpaired) electrons. The van der Waals surface area contributed by atoms with Crippen molar-refractivity contribution in [3.05, 3.63) is 0 Å². The highest BCUT2D eigenvalue weighted by Gasteiger charge is 2.64. The van der Waals surface area contributed by atoms with E-state index in [1.807, 2.05) is 5.32 Å². The number of amides is 2. The molecule has 0 unspecified atom stereocenters. The molecule has 2 aliphatic rings. The van der Waals surface area contributed by atoms with Crippen molar-refractivity contribution in [3.63, 3.8) is 0 Å². The van der Waals surface area contributed by atoms with E-state index in [-0.39, 0.29) is 12.8 Å². The van der Waals surface area contributed by atoms with Crippen molar-refractivity contribution < 1.29 is 22.8 Å². The lowest BCUT2D eigenvalue weighted by Crippen LogP contribution is -2.56. The molecule has 1 heterocycles. The van der Waals surface area contributed by atoms with E-state index in [4.69, 9.17) is 0 Å². The predicted octanol–water partition coefficient (Wildman–Crippen LogP) is -0.371. The van der Waals surface area contributed by atoms with Gasteiger partial charge in [-0.05, 0) is 12.8 Å². The summed E-state index contributed by atoms with van der Waals surface area (Å²) in [6.45, 7) is 1.77. The van der Waals surface area contributed by atoms with Crippen molar-refractivity contribution in [1.29, 1.82) is 0 Å². The van der Waals surface area contributed by atoms with Crippen molar-refractivity contribution in [1.82, 2.24) is 15.5 Å². The molecule has 1 saturated carbocycles. The zero-order valence-electron chi connectivity index (χ0n) is 9.64. The molecule has 0 atom stereocenters. The van der Waals surface area contributed by atoms with Crippen LogP contribution in [0.2, 0.25) is 0 Å². The van der Waals surface area contributed by atoms with Gasteiger partial charge in [0.25, 0.3) is 0 Å². The van der Waals surface area contributed by atoms with Crippen LogP contribution in [-0.4, -0.2) is 54.6 Å². The zero-order chi connectivity index (χ0) is 13.4. The highest BCUT2D eigenvalue weighted by atomic mass is 19.4. The summed E-state index contributed by atoms with van der Waals surface area (Å²) in [7, 11) is 0. The number of rotatable bonds is 1. The number of halogens is 3. The summed E-state index contributed by atoms with van der Waals surface area (Å²) in [5.74, 6) is -2.04. The summed E-state index contributed by atoms with van der Waals surface area (Å²) >= 11 is 0. The Morgan fingerprint density at radius 3 is 2.17 bits per heavy atom. The highest BCUT2D eigenvalue weighted by molar-refractivity contribution is 6.35. The monoisotopic (exact) mass is 265 g/mol. The van der Waals surface area contributed by atoms with E-state index in [2.05, 4.69) is 5.32 Å². The molecule has 0 spiro atoms. The van der Waals surface area contributed by atoms with E-state index in [0.29, 0.717) is 26.2 Å². The van der Waals surface area contributed by atoms with E-state index < -0.39 is 23.5 Å². The maximum absolute atomic E-state index is 12.6. The highest BCUT2D eigenvalue weighted by Crippen LogP contribution is 2.48. The van der Waals surface area contributed by atoms with Gasteiger partial charge >= 0.3 is 18.0 Å². The Kier molecular flexibility index (Phi) is 3.22. The van der Waals surface area contributed by atoms with Crippen molar-refractivity contribution in [3.8, 4) is 0 Å². The molecule has 0 aromatic rings. The molecule has 5 nitrogen and oxygen atoms in total. The molecule has 8 heteroatoms.